The zero-order chi connectivity index (χ0) is 14.8. The number of hydrogen-bond donors (Lipinski definition) is 2. The van der Waals surface area contributed by atoms with Crippen molar-refractivity contribution in [3.63, 3.8) is 0 Å². The molecule has 2 heteroatoms. The molecule has 0 aliphatic heterocycles. The molecule has 0 heterocycles. The van der Waals surface area contributed by atoms with Crippen LogP contribution >= 0.6 is 0 Å². The molecule has 2 nitrogen and oxygen atoms in total. The Hall–Kier alpha value is -0.600. The van der Waals surface area contributed by atoms with Gasteiger partial charge in [-0.25, -0.2) is 0 Å². The molecule has 0 aromatic heterocycles. The molecule has 0 aromatic carbocycles. The van der Waals surface area contributed by atoms with Gasteiger partial charge >= 0.3 is 0 Å². The lowest BCUT2D eigenvalue weighted by Gasteiger charge is -2.54. The zero-order valence-corrected chi connectivity index (χ0v) is 13.3. The average molecular weight is 288 g/mol. The van der Waals surface area contributed by atoms with Crippen LogP contribution in [0.2, 0.25) is 0 Å². The third-order valence-electron chi connectivity index (χ3n) is 7.49. The molecule has 0 spiro atoms. The standard InChI is InChI=1S/C19H28O2/c1-18-9-7-13(20)11-12(18)3-4-14-15-5-6-17(21)19(15,2)10-8-16(14)18/h3-4,13,15-17,20-21H,5-11H2,1-2H3/t13?,15-,16-,17?,18-,19-/m0/s1. The molecule has 21 heavy (non-hydrogen) atoms. The fourth-order valence-electron chi connectivity index (χ4n) is 5.96. The summed E-state index contributed by atoms with van der Waals surface area (Å²) < 4.78 is 0. The first kappa shape index (κ1) is 14.0. The van der Waals surface area contributed by atoms with Gasteiger partial charge < -0.3 is 10.2 Å². The summed E-state index contributed by atoms with van der Waals surface area (Å²) in [6.07, 6.45) is 11.8. The number of rotatable bonds is 0. The van der Waals surface area contributed by atoms with Crippen molar-refractivity contribution in [2.75, 3.05) is 0 Å². The van der Waals surface area contributed by atoms with Crippen LogP contribution in [-0.4, -0.2) is 22.4 Å². The fraction of sp³-hybridized carbons (Fsp3) is 0.789. The van der Waals surface area contributed by atoms with Gasteiger partial charge in [-0.3, -0.25) is 0 Å². The van der Waals surface area contributed by atoms with Crippen molar-refractivity contribution in [1.29, 1.82) is 0 Å². The molecule has 4 rings (SSSR count). The highest BCUT2D eigenvalue weighted by Crippen LogP contribution is 2.63. The minimum Gasteiger partial charge on any atom is -0.393 e. The Morgan fingerprint density at radius 3 is 2.57 bits per heavy atom. The van der Waals surface area contributed by atoms with Crippen LogP contribution in [0.3, 0.4) is 0 Å². The molecule has 2 unspecified atom stereocenters. The quantitative estimate of drug-likeness (QED) is 0.715. The van der Waals surface area contributed by atoms with Gasteiger partial charge in [0.2, 0.25) is 0 Å². The Kier molecular flexibility index (Phi) is 2.97. The molecule has 0 radical (unpaired) electrons. The van der Waals surface area contributed by atoms with E-state index in [1.807, 2.05) is 0 Å². The van der Waals surface area contributed by atoms with Crippen molar-refractivity contribution >= 4 is 0 Å². The molecule has 4 aliphatic carbocycles. The highest BCUT2D eigenvalue weighted by molar-refractivity contribution is 5.38. The van der Waals surface area contributed by atoms with E-state index in [1.54, 1.807) is 5.57 Å². The summed E-state index contributed by atoms with van der Waals surface area (Å²) in [6, 6.07) is 0. The van der Waals surface area contributed by atoms with E-state index in [-0.39, 0.29) is 23.0 Å². The van der Waals surface area contributed by atoms with Crippen molar-refractivity contribution in [3.8, 4) is 0 Å². The molecular weight excluding hydrogens is 260 g/mol. The third-order valence-corrected chi connectivity index (χ3v) is 7.49. The number of allylic oxidation sites excluding steroid dienone is 3. The Bertz CT molecular complexity index is 520. The van der Waals surface area contributed by atoms with Crippen LogP contribution in [0.25, 0.3) is 0 Å². The van der Waals surface area contributed by atoms with E-state index >= 15 is 0 Å². The lowest BCUT2D eigenvalue weighted by molar-refractivity contribution is 0.00143. The van der Waals surface area contributed by atoms with Crippen LogP contribution in [0.5, 0.6) is 0 Å². The average Bonchev–Trinajstić information content (AvgIpc) is 2.76. The lowest BCUT2D eigenvalue weighted by Crippen LogP contribution is -2.46. The van der Waals surface area contributed by atoms with Gasteiger partial charge in [0.15, 0.2) is 0 Å². The van der Waals surface area contributed by atoms with Crippen LogP contribution < -0.4 is 0 Å². The first-order chi connectivity index (χ1) is 9.95. The number of aliphatic hydroxyl groups is 2. The van der Waals surface area contributed by atoms with E-state index in [1.165, 1.54) is 12.0 Å². The zero-order valence-electron chi connectivity index (χ0n) is 13.3. The highest BCUT2D eigenvalue weighted by atomic mass is 16.3. The van der Waals surface area contributed by atoms with Gasteiger partial charge in [0.25, 0.3) is 0 Å². The van der Waals surface area contributed by atoms with Crippen LogP contribution in [0.4, 0.5) is 0 Å². The van der Waals surface area contributed by atoms with Crippen LogP contribution in [0, 0.1) is 22.7 Å². The topological polar surface area (TPSA) is 40.5 Å². The number of aliphatic hydroxyl groups excluding tert-OH is 2. The van der Waals surface area contributed by atoms with E-state index in [4.69, 9.17) is 0 Å². The summed E-state index contributed by atoms with van der Waals surface area (Å²) >= 11 is 0. The van der Waals surface area contributed by atoms with E-state index in [9.17, 15) is 10.2 Å². The van der Waals surface area contributed by atoms with Gasteiger partial charge in [0.05, 0.1) is 12.2 Å². The van der Waals surface area contributed by atoms with Crippen molar-refractivity contribution in [1.82, 2.24) is 0 Å². The Morgan fingerprint density at radius 2 is 1.76 bits per heavy atom. The van der Waals surface area contributed by atoms with Crippen molar-refractivity contribution in [2.24, 2.45) is 22.7 Å². The second-order valence-electron chi connectivity index (χ2n) is 8.42. The molecule has 0 aromatic rings. The van der Waals surface area contributed by atoms with E-state index < -0.39 is 0 Å². The summed E-state index contributed by atoms with van der Waals surface area (Å²) in [7, 11) is 0. The Labute approximate surface area is 127 Å². The molecule has 6 atom stereocenters. The second kappa shape index (κ2) is 4.45. The molecule has 3 fully saturated rings. The molecule has 0 saturated heterocycles. The molecular formula is C19H28O2. The summed E-state index contributed by atoms with van der Waals surface area (Å²) in [5.74, 6) is 1.22. The second-order valence-corrected chi connectivity index (χ2v) is 8.42. The molecule has 116 valence electrons. The van der Waals surface area contributed by atoms with Gasteiger partial charge in [-0.05, 0) is 62.2 Å². The monoisotopic (exact) mass is 288 g/mol. The van der Waals surface area contributed by atoms with E-state index in [0.29, 0.717) is 11.8 Å². The predicted octanol–water partition coefficient (Wildman–Crippen LogP) is 3.59. The van der Waals surface area contributed by atoms with Crippen molar-refractivity contribution in [3.05, 3.63) is 23.3 Å². The van der Waals surface area contributed by atoms with Gasteiger partial charge in [-0.2, -0.15) is 0 Å². The van der Waals surface area contributed by atoms with Crippen molar-refractivity contribution < 1.29 is 10.2 Å². The summed E-state index contributed by atoms with van der Waals surface area (Å²) in [5, 5.41) is 20.4. The van der Waals surface area contributed by atoms with Crippen LogP contribution in [-0.2, 0) is 0 Å². The van der Waals surface area contributed by atoms with Crippen molar-refractivity contribution in [2.45, 2.75) is 71.0 Å². The van der Waals surface area contributed by atoms with E-state index in [2.05, 4.69) is 26.0 Å². The fourth-order valence-corrected chi connectivity index (χ4v) is 5.96. The third kappa shape index (κ3) is 1.78. The highest BCUT2D eigenvalue weighted by Gasteiger charge is 2.55. The maximum Gasteiger partial charge on any atom is 0.0599 e. The molecule has 2 N–H and O–H groups in total. The summed E-state index contributed by atoms with van der Waals surface area (Å²) in [5.41, 5.74) is 3.45. The van der Waals surface area contributed by atoms with Gasteiger partial charge in [-0.1, -0.05) is 37.1 Å². The molecule has 3 saturated carbocycles. The minimum atomic E-state index is -0.138. The predicted molar refractivity (Wildman–Crippen MR) is 83.7 cm³/mol. The first-order valence-corrected chi connectivity index (χ1v) is 8.72. The first-order valence-electron chi connectivity index (χ1n) is 8.72. The van der Waals surface area contributed by atoms with E-state index in [0.717, 1.165) is 38.5 Å². The summed E-state index contributed by atoms with van der Waals surface area (Å²) in [4.78, 5) is 0. The lowest BCUT2D eigenvalue weighted by atomic mass is 9.51. The maximum absolute atomic E-state index is 10.4. The smallest absolute Gasteiger partial charge is 0.0599 e. The molecule has 0 bridgehead atoms. The molecule has 0 amide bonds. The Balaban J connectivity index is 1.74. The maximum atomic E-state index is 10.4. The van der Waals surface area contributed by atoms with Crippen LogP contribution in [0.1, 0.15) is 58.8 Å². The number of hydrogen-bond acceptors (Lipinski definition) is 2. The summed E-state index contributed by atoms with van der Waals surface area (Å²) in [6.45, 7) is 4.73. The van der Waals surface area contributed by atoms with Gasteiger partial charge in [-0.15, -0.1) is 0 Å². The Morgan fingerprint density at radius 1 is 0.952 bits per heavy atom. The molecule has 4 aliphatic rings. The normalized spacial score (nSPS) is 52.4. The van der Waals surface area contributed by atoms with Crippen LogP contribution in [0.15, 0.2) is 23.3 Å². The minimum absolute atomic E-state index is 0.109. The van der Waals surface area contributed by atoms with Gasteiger partial charge in [0, 0.05) is 5.41 Å². The SMILES string of the molecule is C[C@]12CCC(O)CC1=CC=C1[C@@H]2CC[C@]2(C)C(O)CC[C@@H]12. The largest absolute Gasteiger partial charge is 0.393 e. The van der Waals surface area contributed by atoms with Gasteiger partial charge in [0.1, 0.15) is 0 Å². The number of fused-ring (bicyclic) bond motifs is 5.